The number of morpholine rings is 1. The van der Waals surface area contributed by atoms with Gasteiger partial charge in [-0.3, -0.25) is 10.00 Å². The van der Waals surface area contributed by atoms with Crippen molar-refractivity contribution in [1.82, 2.24) is 15.1 Å². The summed E-state index contributed by atoms with van der Waals surface area (Å²) in [5.41, 5.74) is 2.59. The third-order valence-electron chi connectivity index (χ3n) is 3.75. The SMILES string of the molecule is CCCN1CCO[C@@H]2Cc3n[nH]cc3C[C@H]21. The molecule has 1 aromatic rings. The first-order chi connectivity index (χ1) is 7.88. The number of nitrogens with one attached hydrogen (secondary N) is 1. The summed E-state index contributed by atoms with van der Waals surface area (Å²) < 4.78 is 5.89. The van der Waals surface area contributed by atoms with Crippen LogP contribution >= 0.6 is 0 Å². The van der Waals surface area contributed by atoms with E-state index in [2.05, 4.69) is 22.0 Å². The fourth-order valence-corrected chi connectivity index (χ4v) is 2.97. The van der Waals surface area contributed by atoms with Gasteiger partial charge in [0.15, 0.2) is 0 Å². The summed E-state index contributed by atoms with van der Waals surface area (Å²) in [6.45, 7) is 5.40. The molecule has 2 heterocycles. The molecule has 0 spiro atoms. The van der Waals surface area contributed by atoms with Gasteiger partial charge in [-0.2, -0.15) is 5.10 Å². The molecular formula is C12H19N3O. The van der Waals surface area contributed by atoms with Gasteiger partial charge in [0.05, 0.1) is 18.4 Å². The van der Waals surface area contributed by atoms with Crippen LogP contribution in [0.25, 0.3) is 0 Å². The highest BCUT2D eigenvalue weighted by molar-refractivity contribution is 5.23. The summed E-state index contributed by atoms with van der Waals surface area (Å²) in [4.78, 5) is 2.59. The molecule has 4 nitrogen and oxygen atoms in total. The minimum atomic E-state index is 0.357. The largest absolute Gasteiger partial charge is 0.375 e. The topological polar surface area (TPSA) is 41.1 Å². The maximum Gasteiger partial charge on any atom is 0.0790 e. The zero-order valence-corrected chi connectivity index (χ0v) is 9.78. The Kier molecular flexibility index (Phi) is 2.69. The van der Waals surface area contributed by atoms with Crippen molar-refractivity contribution in [2.24, 2.45) is 0 Å². The predicted octanol–water partition coefficient (Wildman–Crippen LogP) is 0.988. The maximum absolute atomic E-state index is 5.89. The van der Waals surface area contributed by atoms with Gasteiger partial charge < -0.3 is 4.74 Å². The van der Waals surface area contributed by atoms with Crippen LogP contribution < -0.4 is 0 Å². The van der Waals surface area contributed by atoms with E-state index in [1.165, 1.54) is 24.2 Å². The molecule has 1 aliphatic carbocycles. The quantitative estimate of drug-likeness (QED) is 0.809. The van der Waals surface area contributed by atoms with Crippen LogP contribution in [0, 0.1) is 0 Å². The van der Waals surface area contributed by atoms with E-state index in [0.717, 1.165) is 26.0 Å². The van der Waals surface area contributed by atoms with Crippen molar-refractivity contribution in [2.75, 3.05) is 19.7 Å². The number of aromatic nitrogens is 2. The molecule has 3 rings (SSSR count). The number of H-pyrrole nitrogens is 1. The van der Waals surface area contributed by atoms with Crippen molar-refractivity contribution < 1.29 is 4.74 Å². The molecule has 2 atom stereocenters. The summed E-state index contributed by atoms with van der Waals surface area (Å²) in [6.07, 6.45) is 5.70. The van der Waals surface area contributed by atoms with Gasteiger partial charge in [0.2, 0.25) is 0 Å². The number of nitrogens with zero attached hydrogens (tertiary/aromatic N) is 2. The van der Waals surface area contributed by atoms with Crippen LogP contribution in [0.3, 0.4) is 0 Å². The number of rotatable bonds is 2. The molecule has 0 bridgehead atoms. The molecule has 0 saturated carbocycles. The Bertz CT molecular complexity index is 361. The molecule has 1 fully saturated rings. The van der Waals surface area contributed by atoms with Crippen molar-refractivity contribution in [3.05, 3.63) is 17.5 Å². The van der Waals surface area contributed by atoms with Crippen LogP contribution in [-0.4, -0.2) is 46.9 Å². The third-order valence-corrected chi connectivity index (χ3v) is 3.75. The van der Waals surface area contributed by atoms with Crippen molar-refractivity contribution in [1.29, 1.82) is 0 Å². The van der Waals surface area contributed by atoms with Crippen LogP contribution in [0.4, 0.5) is 0 Å². The summed E-state index contributed by atoms with van der Waals surface area (Å²) in [6, 6.07) is 0.568. The number of hydrogen-bond acceptors (Lipinski definition) is 3. The van der Waals surface area contributed by atoms with E-state index in [0.29, 0.717) is 12.1 Å². The van der Waals surface area contributed by atoms with Crippen LogP contribution in [0.2, 0.25) is 0 Å². The average Bonchev–Trinajstić information content (AvgIpc) is 2.74. The van der Waals surface area contributed by atoms with Crippen molar-refractivity contribution >= 4 is 0 Å². The van der Waals surface area contributed by atoms with Gasteiger partial charge in [-0.1, -0.05) is 6.92 Å². The van der Waals surface area contributed by atoms with Gasteiger partial charge in [0, 0.05) is 25.2 Å². The Labute approximate surface area is 96.0 Å². The molecule has 1 saturated heterocycles. The summed E-state index contributed by atoms with van der Waals surface area (Å²) >= 11 is 0. The van der Waals surface area contributed by atoms with E-state index >= 15 is 0 Å². The maximum atomic E-state index is 5.89. The lowest BCUT2D eigenvalue weighted by atomic mass is 9.88. The molecule has 88 valence electrons. The first kappa shape index (κ1) is 10.3. The molecule has 0 unspecified atom stereocenters. The minimum Gasteiger partial charge on any atom is -0.375 e. The first-order valence-electron chi connectivity index (χ1n) is 6.25. The molecule has 1 N–H and O–H groups in total. The van der Waals surface area contributed by atoms with Gasteiger partial charge in [-0.25, -0.2) is 0 Å². The monoisotopic (exact) mass is 221 g/mol. The van der Waals surface area contributed by atoms with E-state index in [-0.39, 0.29) is 0 Å². The fourth-order valence-electron chi connectivity index (χ4n) is 2.97. The zero-order valence-electron chi connectivity index (χ0n) is 9.78. The molecule has 4 heteroatoms. The van der Waals surface area contributed by atoms with E-state index in [4.69, 9.17) is 4.74 Å². The molecule has 0 radical (unpaired) electrons. The van der Waals surface area contributed by atoms with Gasteiger partial charge in [-0.05, 0) is 24.9 Å². The van der Waals surface area contributed by atoms with Gasteiger partial charge in [0.1, 0.15) is 0 Å². The average molecular weight is 221 g/mol. The number of aromatic amines is 1. The molecular weight excluding hydrogens is 202 g/mol. The Morgan fingerprint density at radius 2 is 2.50 bits per heavy atom. The smallest absolute Gasteiger partial charge is 0.0790 e. The first-order valence-corrected chi connectivity index (χ1v) is 6.25. The minimum absolute atomic E-state index is 0.357. The second-order valence-corrected chi connectivity index (χ2v) is 4.78. The summed E-state index contributed by atoms with van der Waals surface area (Å²) in [5.74, 6) is 0. The fraction of sp³-hybridized carbons (Fsp3) is 0.750. The Balaban J connectivity index is 1.81. The van der Waals surface area contributed by atoms with Crippen LogP contribution in [0.5, 0.6) is 0 Å². The van der Waals surface area contributed by atoms with Crippen molar-refractivity contribution in [3.8, 4) is 0 Å². The molecule has 1 aliphatic heterocycles. The Morgan fingerprint density at radius 3 is 3.38 bits per heavy atom. The van der Waals surface area contributed by atoms with E-state index in [1.807, 2.05) is 6.20 Å². The van der Waals surface area contributed by atoms with Crippen molar-refractivity contribution in [2.45, 2.75) is 38.3 Å². The number of fused-ring (bicyclic) bond motifs is 2. The molecule has 2 aliphatic rings. The van der Waals surface area contributed by atoms with E-state index in [9.17, 15) is 0 Å². The zero-order chi connectivity index (χ0) is 11.0. The van der Waals surface area contributed by atoms with Crippen LogP contribution in [0.15, 0.2) is 6.20 Å². The lowest BCUT2D eigenvalue weighted by Crippen LogP contribution is -2.54. The molecule has 1 aromatic heterocycles. The highest BCUT2D eigenvalue weighted by Crippen LogP contribution is 2.27. The summed E-state index contributed by atoms with van der Waals surface area (Å²) in [7, 11) is 0. The molecule has 0 amide bonds. The van der Waals surface area contributed by atoms with Crippen LogP contribution in [-0.2, 0) is 17.6 Å². The Morgan fingerprint density at radius 1 is 1.56 bits per heavy atom. The second kappa shape index (κ2) is 4.18. The normalized spacial score (nSPS) is 29.8. The van der Waals surface area contributed by atoms with E-state index < -0.39 is 0 Å². The number of hydrogen-bond donors (Lipinski definition) is 1. The lowest BCUT2D eigenvalue weighted by Gasteiger charge is -2.43. The van der Waals surface area contributed by atoms with E-state index in [1.54, 1.807) is 0 Å². The second-order valence-electron chi connectivity index (χ2n) is 4.78. The lowest BCUT2D eigenvalue weighted by molar-refractivity contribution is -0.0742. The van der Waals surface area contributed by atoms with Gasteiger partial charge in [-0.15, -0.1) is 0 Å². The third kappa shape index (κ3) is 1.66. The molecule has 16 heavy (non-hydrogen) atoms. The van der Waals surface area contributed by atoms with Crippen LogP contribution in [0.1, 0.15) is 24.6 Å². The van der Waals surface area contributed by atoms with Crippen molar-refractivity contribution in [3.63, 3.8) is 0 Å². The number of ether oxygens (including phenoxy) is 1. The standard InChI is InChI=1S/C12H19N3O/c1-2-3-15-4-5-16-12-7-10-9(6-11(12)15)8-13-14-10/h8,11-12H,2-7H2,1H3,(H,13,14)/t11-,12-/m1/s1. The Hall–Kier alpha value is -0.870. The highest BCUT2D eigenvalue weighted by Gasteiger charge is 2.36. The summed E-state index contributed by atoms with van der Waals surface area (Å²) in [5, 5.41) is 7.27. The molecule has 0 aromatic carbocycles. The van der Waals surface area contributed by atoms with Gasteiger partial charge >= 0.3 is 0 Å². The van der Waals surface area contributed by atoms with Gasteiger partial charge in [0.25, 0.3) is 0 Å². The predicted molar refractivity (Wildman–Crippen MR) is 61.4 cm³/mol. The highest BCUT2D eigenvalue weighted by atomic mass is 16.5.